The molecule has 0 spiro atoms. The molecule has 1 saturated carbocycles. The number of nitro groups is 1. The summed E-state index contributed by atoms with van der Waals surface area (Å²) in [5, 5.41) is 11.1. The summed E-state index contributed by atoms with van der Waals surface area (Å²) in [4.78, 5) is 24.1. The SMILES string of the molecule is CN(CC1CC(Cl)C1)C(=O)c1ccccc1[N+](=O)[O-]. The molecule has 6 heteroatoms. The molecule has 5 nitrogen and oxygen atoms in total. The molecule has 1 aliphatic carbocycles. The van der Waals surface area contributed by atoms with Crippen LogP contribution in [0.4, 0.5) is 5.69 Å². The van der Waals surface area contributed by atoms with E-state index in [2.05, 4.69) is 0 Å². The van der Waals surface area contributed by atoms with Gasteiger partial charge in [-0.3, -0.25) is 14.9 Å². The van der Waals surface area contributed by atoms with Gasteiger partial charge in [0.15, 0.2) is 0 Å². The van der Waals surface area contributed by atoms with Crippen molar-refractivity contribution in [3.8, 4) is 0 Å². The fourth-order valence-corrected chi connectivity index (χ4v) is 2.80. The average Bonchev–Trinajstić information content (AvgIpc) is 2.35. The standard InChI is InChI=1S/C13H15ClN2O3/c1-15(8-9-6-10(14)7-9)13(17)11-4-2-3-5-12(11)16(18)19/h2-5,9-10H,6-8H2,1H3. The van der Waals surface area contributed by atoms with E-state index in [0.29, 0.717) is 12.5 Å². The van der Waals surface area contributed by atoms with E-state index in [0.717, 1.165) is 12.8 Å². The number of hydrogen-bond acceptors (Lipinski definition) is 3. The van der Waals surface area contributed by atoms with Crippen molar-refractivity contribution < 1.29 is 9.72 Å². The molecule has 1 aromatic carbocycles. The summed E-state index contributed by atoms with van der Waals surface area (Å²) >= 11 is 5.90. The van der Waals surface area contributed by atoms with Gasteiger partial charge < -0.3 is 4.90 Å². The monoisotopic (exact) mass is 282 g/mol. The molecule has 1 fully saturated rings. The van der Waals surface area contributed by atoms with E-state index in [9.17, 15) is 14.9 Å². The molecule has 0 saturated heterocycles. The van der Waals surface area contributed by atoms with Crippen LogP contribution in [0, 0.1) is 16.0 Å². The first-order chi connectivity index (χ1) is 8.99. The van der Waals surface area contributed by atoms with Crippen molar-refractivity contribution >= 4 is 23.2 Å². The molecule has 1 aromatic rings. The largest absolute Gasteiger partial charge is 0.341 e. The molecule has 0 aromatic heterocycles. The molecular formula is C13H15ClN2O3. The number of hydrogen-bond donors (Lipinski definition) is 0. The molecule has 0 bridgehead atoms. The van der Waals surface area contributed by atoms with Crippen molar-refractivity contribution in [2.75, 3.05) is 13.6 Å². The second kappa shape index (κ2) is 5.57. The lowest BCUT2D eigenvalue weighted by molar-refractivity contribution is -0.385. The molecule has 0 unspecified atom stereocenters. The zero-order valence-corrected chi connectivity index (χ0v) is 11.3. The van der Waals surface area contributed by atoms with E-state index in [1.807, 2.05) is 0 Å². The van der Waals surface area contributed by atoms with Crippen LogP contribution in [0.15, 0.2) is 24.3 Å². The van der Waals surface area contributed by atoms with E-state index < -0.39 is 4.92 Å². The van der Waals surface area contributed by atoms with Gasteiger partial charge in [-0.15, -0.1) is 11.6 Å². The molecule has 102 valence electrons. The second-order valence-corrected chi connectivity index (χ2v) is 5.51. The Hall–Kier alpha value is -1.62. The number of rotatable bonds is 4. The Bertz CT molecular complexity index is 500. The highest BCUT2D eigenvalue weighted by molar-refractivity contribution is 6.21. The fourth-order valence-electron chi connectivity index (χ4n) is 2.29. The Morgan fingerprint density at radius 2 is 2.11 bits per heavy atom. The summed E-state index contributed by atoms with van der Waals surface area (Å²) in [5.41, 5.74) is -0.0140. The van der Waals surface area contributed by atoms with Crippen LogP contribution in [0.5, 0.6) is 0 Å². The van der Waals surface area contributed by atoms with Gasteiger partial charge in [-0.05, 0) is 24.8 Å². The highest BCUT2D eigenvalue weighted by atomic mass is 35.5. The quantitative estimate of drug-likeness (QED) is 0.484. The Labute approximate surface area is 116 Å². The summed E-state index contributed by atoms with van der Waals surface area (Å²) < 4.78 is 0. The third-order valence-corrected chi connectivity index (χ3v) is 3.74. The van der Waals surface area contributed by atoms with Gasteiger partial charge in [0.05, 0.1) is 4.92 Å². The van der Waals surface area contributed by atoms with Gasteiger partial charge in [-0.2, -0.15) is 0 Å². The number of nitro benzene ring substituents is 1. The lowest BCUT2D eigenvalue weighted by atomic mass is 9.84. The first-order valence-electron chi connectivity index (χ1n) is 6.12. The topological polar surface area (TPSA) is 63.5 Å². The smallest absolute Gasteiger partial charge is 0.282 e. The molecule has 0 heterocycles. The minimum Gasteiger partial charge on any atom is -0.341 e. The van der Waals surface area contributed by atoms with Gasteiger partial charge in [0, 0.05) is 25.0 Å². The van der Waals surface area contributed by atoms with Crippen LogP contribution in [-0.4, -0.2) is 34.7 Å². The van der Waals surface area contributed by atoms with Crippen LogP contribution < -0.4 is 0 Å². The van der Waals surface area contributed by atoms with Crippen LogP contribution in [0.25, 0.3) is 0 Å². The van der Waals surface area contributed by atoms with Gasteiger partial charge in [-0.1, -0.05) is 12.1 Å². The number of amides is 1. The minimum atomic E-state index is -0.529. The lowest BCUT2D eigenvalue weighted by Gasteiger charge is -2.34. The maximum Gasteiger partial charge on any atom is 0.282 e. The van der Waals surface area contributed by atoms with Crippen LogP contribution in [0.1, 0.15) is 23.2 Å². The summed E-state index contributed by atoms with van der Waals surface area (Å²) in [6.45, 7) is 0.591. The summed E-state index contributed by atoms with van der Waals surface area (Å²) in [6, 6.07) is 6.02. The highest BCUT2D eigenvalue weighted by Gasteiger charge is 2.30. The van der Waals surface area contributed by atoms with Gasteiger partial charge in [0.1, 0.15) is 5.56 Å². The average molecular weight is 283 g/mol. The molecule has 0 atom stereocenters. The number of benzene rings is 1. The van der Waals surface area contributed by atoms with Crippen molar-refractivity contribution in [2.24, 2.45) is 5.92 Å². The number of para-hydroxylation sites is 1. The van der Waals surface area contributed by atoms with Crippen molar-refractivity contribution in [1.82, 2.24) is 4.90 Å². The summed E-state index contributed by atoms with van der Waals surface area (Å²) in [5.74, 6) is 0.0875. The van der Waals surface area contributed by atoms with Crippen molar-refractivity contribution in [2.45, 2.75) is 18.2 Å². The molecule has 1 amide bonds. The Balaban J connectivity index is 2.08. The molecule has 0 N–H and O–H groups in total. The molecule has 0 radical (unpaired) electrons. The van der Waals surface area contributed by atoms with E-state index >= 15 is 0 Å². The number of nitrogens with zero attached hydrogens (tertiary/aromatic N) is 2. The van der Waals surface area contributed by atoms with Crippen LogP contribution in [0.2, 0.25) is 0 Å². The molecule has 1 aliphatic rings. The number of halogens is 1. The van der Waals surface area contributed by atoms with E-state index in [1.54, 1.807) is 19.2 Å². The van der Waals surface area contributed by atoms with Crippen molar-refractivity contribution in [1.29, 1.82) is 0 Å². The fraction of sp³-hybridized carbons (Fsp3) is 0.462. The van der Waals surface area contributed by atoms with E-state index in [4.69, 9.17) is 11.6 Å². The number of carbonyl (C=O) groups is 1. The van der Waals surface area contributed by atoms with Crippen LogP contribution in [0.3, 0.4) is 0 Å². The summed E-state index contributed by atoms with van der Waals surface area (Å²) in [6.07, 6.45) is 1.80. The van der Waals surface area contributed by atoms with E-state index in [1.165, 1.54) is 17.0 Å². The predicted octanol–water partition coefficient (Wildman–Crippen LogP) is 2.68. The molecule has 19 heavy (non-hydrogen) atoms. The first-order valence-corrected chi connectivity index (χ1v) is 6.55. The zero-order chi connectivity index (χ0) is 14.0. The zero-order valence-electron chi connectivity index (χ0n) is 10.6. The van der Waals surface area contributed by atoms with Crippen LogP contribution >= 0.6 is 11.6 Å². The third-order valence-electron chi connectivity index (χ3n) is 3.39. The lowest BCUT2D eigenvalue weighted by Crippen LogP contribution is -2.38. The Kier molecular flexibility index (Phi) is 4.04. The maximum atomic E-state index is 12.2. The van der Waals surface area contributed by atoms with Gasteiger partial charge >= 0.3 is 0 Å². The summed E-state index contributed by atoms with van der Waals surface area (Å²) in [7, 11) is 1.67. The van der Waals surface area contributed by atoms with Gasteiger partial charge in [-0.25, -0.2) is 0 Å². The number of carbonyl (C=O) groups excluding carboxylic acids is 1. The van der Waals surface area contributed by atoms with Gasteiger partial charge in [0.25, 0.3) is 11.6 Å². The van der Waals surface area contributed by atoms with Crippen molar-refractivity contribution in [3.63, 3.8) is 0 Å². The van der Waals surface area contributed by atoms with Crippen LogP contribution in [-0.2, 0) is 0 Å². The molecular weight excluding hydrogens is 268 g/mol. The Morgan fingerprint density at radius 1 is 1.47 bits per heavy atom. The second-order valence-electron chi connectivity index (χ2n) is 4.89. The molecule has 2 rings (SSSR count). The Morgan fingerprint density at radius 3 is 2.68 bits per heavy atom. The maximum absolute atomic E-state index is 12.2. The normalized spacial score (nSPS) is 21.6. The number of alkyl halides is 1. The van der Waals surface area contributed by atoms with E-state index in [-0.39, 0.29) is 22.5 Å². The third kappa shape index (κ3) is 3.04. The highest BCUT2D eigenvalue weighted by Crippen LogP contribution is 2.32. The van der Waals surface area contributed by atoms with Crippen molar-refractivity contribution in [3.05, 3.63) is 39.9 Å². The minimum absolute atomic E-state index is 0.136. The predicted molar refractivity (Wildman–Crippen MR) is 72.4 cm³/mol. The molecule has 0 aliphatic heterocycles. The van der Waals surface area contributed by atoms with Gasteiger partial charge in [0.2, 0.25) is 0 Å². The first kappa shape index (κ1) is 13.8.